The number of hydrogen-bond donors (Lipinski definition) is 2. The molecule has 27 heavy (non-hydrogen) atoms. The van der Waals surface area contributed by atoms with Crippen LogP contribution in [0.1, 0.15) is 17.3 Å². The van der Waals surface area contributed by atoms with Crippen LogP contribution in [0.3, 0.4) is 0 Å². The number of carbonyl (C=O) groups is 1. The summed E-state index contributed by atoms with van der Waals surface area (Å²) in [5, 5.41) is 5.53. The number of benzene rings is 2. The zero-order chi connectivity index (χ0) is 20.4. The van der Waals surface area contributed by atoms with Crippen LogP contribution in [0.25, 0.3) is 0 Å². The van der Waals surface area contributed by atoms with Crippen molar-refractivity contribution in [2.24, 2.45) is 0 Å². The highest BCUT2D eigenvalue weighted by molar-refractivity contribution is 7.92. The molecular formula is C16H13Cl2F3N2O3S. The Kier molecular flexibility index (Phi) is 6.28. The van der Waals surface area contributed by atoms with E-state index < -0.39 is 26.1 Å². The first-order valence-electron chi connectivity index (χ1n) is 7.43. The summed E-state index contributed by atoms with van der Waals surface area (Å²) in [6, 6.07) is 6.77. The molecule has 0 heterocycles. The minimum Gasteiger partial charge on any atom is -0.384 e. The standard InChI is InChI=1S/C16H13Cl2F3N2O3S/c1-2-22-13-6-4-10(27(25,26)16(19,20)21)8-14(13)23-15(24)11-5-3-9(17)7-12(11)18/h3-8,22H,2H2,1H3,(H,23,24). The zero-order valence-corrected chi connectivity index (χ0v) is 16.0. The van der Waals surface area contributed by atoms with E-state index in [-0.39, 0.29) is 22.0 Å². The molecule has 2 aromatic carbocycles. The molecule has 2 aromatic rings. The zero-order valence-electron chi connectivity index (χ0n) is 13.7. The number of anilines is 2. The molecule has 2 N–H and O–H groups in total. The third-order valence-electron chi connectivity index (χ3n) is 3.40. The van der Waals surface area contributed by atoms with E-state index in [2.05, 4.69) is 10.6 Å². The summed E-state index contributed by atoms with van der Waals surface area (Å²) < 4.78 is 61.6. The average molecular weight is 441 g/mol. The van der Waals surface area contributed by atoms with Gasteiger partial charge in [-0.15, -0.1) is 0 Å². The molecular weight excluding hydrogens is 428 g/mol. The van der Waals surface area contributed by atoms with E-state index in [1.807, 2.05) is 0 Å². The highest BCUT2D eigenvalue weighted by atomic mass is 35.5. The van der Waals surface area contributed by atoms with E-state index in [4.69, 9.17) is 23.2 Å². The van der Waals surface area contributed by atoms with Crippen molar-refractivity contribution in [3.05, 3.63) is 52.0 Å². The third-order valence-corrected chi connectivity index (χ3v) is 5.43. The largest absolute Gasteiger partial charge is 0.501 e. The molecule has 146 valence electrons. The van der Waals surface area contributed by atoms with Crippen LogP contribution in [0.4, 0.5) is 24.5 Å². The minimum absolute atomic E-state index is 0.0209. The van der Waals surface area contributed by atoms with Gasteiger partial charge in [0.15, 0.2) is 0 Å². The Bertz CT molecular complexity index is 979. The van der Waals surface area contributed by atoms with Crippen molar-refractivity contribution in [1.29, 1.82) is 0 Å². The van der Waals surface area contributed by atoms with Gasteiger partial charge in [-0.25, -0.2) is 8.42 Å². The predicted molar refractivity (Wildman–Crippen MR) is 98.3 cm³/mol. The number of hydrogen-bond acceptors (Lipinski definition) is 4. The Hall–Kier alpha value is -1.97. The Morgan fingerprint density at radius 2 is 1.74 bits per heavy atom. The number of amides is 1. The maximum atomic E-state index is 12.8. The lowest BCUT2D eigenvalue weighted by Crippen LogP contribution is -2.23. The van der Waals surface area contributed by atoms with Gasteiger partial charge >= 0.3 is 5.51 Å². The second kappa shape index (κ2) is 7.95. The number of nitrogens with one attached hydrogen (secondary N) is 2. The van der Waals surface area contributed by atoms with E-state index in [0.29, 0.717) is 11.6 Å². The first kappa shape index (κ1) is 21.3. The molecule has 0 aliphatic carbocycles. The van der Waals surface area contributed by atoms with Crippen LogP contribution in [0, 0.1) is 0 Å². The number of alkyl halides is 3. The lowest BCUT2D eigenvalue weighted by molar-refractivity contribution is -0.0436. The topological polar surface area (TPSA) is 75.3 Å². The van der Waals surface area contributed by atoms with Crippen LogP contribution in [-0.2, 0) is 9.84 Å². The van der Waals surface area contributed by atoms with Crippen molar-refractivity contribution in [3.8, 4) is 0 Å². The number of sulfone groups is 1. The summed E-state index contributed by atoms with van der Waals surface area (Å²) >= 11 is 11.7. The molecule has 2 rings (SSSR count). The van der Waals surface area contributed by atoms with Crippen LogP contribution in [0.5, 0.6) is 0 Å². The summed E-state index contributed by atoms with van der Waals surface area (Å²) in [5.74, 6) is -0.739. The highest BCUT2D eigenvalue weighted by Crippen LogP contribution is 2.34. The van der Waals surface area contributed by atoms with E-state index in [1.165, 1.54) is 18.2 Å². The molecule has 0 aliphatic heterocycles. The summed E-state index contributed by atoms with van der Waals surface area (Å²) in [6.07, 6.45) is 0. The molecule has 0 fully saturated rings. The van der Waals surface area contributed by atoms with Crippen molar-refractivity contribution in [3.63, 3.8) is 0 Å². The number of carbonyl (C=O) groups excluding carboxylic acids is 1. The lowest BCUT2D eigenvalue weighted by Gasteiger charge is -2.15. The number of rotatable bonds is 5. The quantitative estimate of drug-likeness (QED) is 0.687. The highest BCUT2D eigenvalue weighted by Gasteiger charge is 2.47. The van der Waals surface area contributed by atoms with Gasteiger partial charge in [-0.3, -0.25) is 4.79 Å². The Morgan fingerprint density at radius 3 is 2.30 bits per heavy atom. The van der Waals surface area contributed by atoms with Gasteiger partial charge < -0.3 is 10.6 Å². The van der Waals surface area contributed by atoms with Gasteiger partial charge in [-0.2, -0.15) is 13.2 Å². The Labute approximate surface area is 163 Å². The van der Waals surface area contributed by atoms with Crippen LogP contribution in [0.2, 0.25) is 10.0 Å². The first-order chi connectivity index (χ1) is 12.5. The summed E-state index contributed by atoms with van der Waals surface area (Å²) in [4.78, 5) is 11.4. The molecule has 5 nitrogen and oxygen atoms in total. The van der Waals surface area contributed by atoms with Crippen molar-refractivity contribution in [2.75, 3.05) is 17.2 Å². The molecule has 0 unspecified atom stereocenters. The fourth-order valence-electron chi connectivity index (χ4n) is 2.14. The Balaban J connectivity index is 2.47. The van der Waals surface area contributed by atoms with Crippen molar-refractivity contribution in [2.45, 2.75) is 17.3 Å². The van der Waals surface area contributed by atoms with Gasteiger partial charge in [-0.05, 0) is 43.3 Å². The monoisotopic (exact) mass is 440 g/mol. The fraction of sp³-hybridized carbons (Fsp3) is 0.188. The summed E-state index contributed by atoms with van der Waals surface area (Å²) in [5.41, 5.74) is -5.34. The number of halogens is 5. The summed E-state index contributed by atoms with van der Waals surface area (Å²) in [6.45, 7) is 2.11. The molecule has 0 spiro atoms. The van der Waals surface area contributed by atoms with Gasteiger partial charge in [0.25, 0.3) is 15.7 Å². The van der Waals surface area contributed by atoms with Crippen molar-refractivity contribution < 1.29 is 26.4 Å². The molecule has 0 aliphatic rings. The maximum absolute atomic E-state index is 12.8. The fourth-order valence-corrected chi connectivity index (χ4v) is 3.42. The molecule has 0 radical (unpaired) electrons. The van der Waals surface area contributed by atoms with E-state index in [9.17, 15) is 26.4 Å². The third kappa shape index (κ3) is 4.66. The van der Waals surface area contributed by atoms with Crippen molar-refractivity contribution in [1.82, 2.24) is 0 Å². The van der Waals surface area contributed by atoms with Crippen LogP contribution >= 0.6 is 23.2 Å². The van der Waals surface area contributed by atoms with Crippen LogP contribution < -0.4 is 10.6 Å². The lowest BCUT2D eigenvalue weighted by atomic mass is 10.2. The molecule has 0 saturated heterocycles. The molecule has 1 amide bonds. The van der Waals surface area contributed by atoms with Gasteiger partial charge in [0.1, 0.15) is 0 Å². The smallest absolute Gasteiger partial charge is 0.384 e. The molecule has 0 bridgehead atoms. The van der Waals surface area contributed by atoms with E-state index in [0.717, 1.165) is 18.2 Å². The van der Waals surface area contributed by atoms with Gasteiger partial charge in [0, 0.05) is 11.6 Å². The van der Waals surface area contributed by atoms with Gasteiger partial charge in [0.2, 0.25) is 0 Å². The Morgan fingerprint density at radius 1 is 1.07 bits per heavy atom. The first-order valence-corrected chi connectivity index (χ1v) is 9.67. The van der Waals surface area contributed by atoms with E-state index >= 15 is 0 Å². The molecule has 0 saturated carbocycles. The SMILES string of the molecule is CCNc1ccc(S(=O)(=O)C(F)(F)F)cc1NC(=O)c1ccc(Cl)cc1Cl. The maximum Gasteiger partial charge on any atom is 0.501 e. The van der Waals surface area contributed by atoms with Gasteiger partial charge in [-0.1, -0.05) is 23.2 Å². The van der Waals surface area contributed by atoms with Crippen molar-refractivity contribution >= 4 is 50.3 Å². The normalized spacial score (nSPS) is 11.9. The van der Waals surface area contributed by atoms with Crippen LogP contribution in [-0.4, -0.2) is 26.4 Å². The average Bonchev–Trinajstić information content (AvgIpc) is 2.55. The predicted octanol–water partition coefficient (Wildman–Crippen LogP) is 4.97. The molecule has 0 aromatic heterocycles. The molecule has 11 heteroatoms. The van der Waals surface area contributed by atoms with E-state index in [1.54, 1.807) is 6.92 Å². The van der Waals surface area contributed by atoms with Gasteiger partial charge in [0.05, 0.1) is 26.9 Å². The minimum atomic E-state index is -5.57. The van der Waals surface area contributed by atoms with Crippen LogP contribution in [0.15, 0.2) is 41.3 Å². The second-order valence-electron chi connectivity index (χ2n) is 5.27. The summed E-state index contributed by atoms with van der Waals surface area (Å²) in [7, 11) is -5.57. The molecule has 0 atom stereocenters. The second-order valence-corrected chi connectivity index (χ2v) is 8.05.